The van der Waals surface area contributed by atoms with Gasteiger partial charge >= 0.3 is 0 Å². The highest BCUT2D eigenvalue weighted by molar-refractivity contribution is 6.33. The number of halogens is 1. The topological polar surface area (TPSA) is 58.1 Å². The lowest BCUT2D eigenvalue weighted by Crippen LogP contribution is -2.27. The summed E-state index contributed by atoms with van der Waals surface area (Å²) in [5, 5.41) is 3.22. The molecule has 104 valence electrons. The zero-order chi connectivity index (χ0) is 14.5. The molecule has 2 heterocycles. The van der Waals surface area contributed by atoms with Crippen molar-refractivity contribution in [3.63, 3.8) is 0 Å². The number of aromatic nitrogens is 2. The maximum atomic E-state index is 12.4. The molecule has 2 aromatic heterocycles. The van der Waals surface area contributed by atoms with Gasteiger partial charge in [0.15, 0.2) is 0 Å². The monoisotopic (exact) mass is 290 g/mol. The molecule has 2 aromatic rings. The Kier molecular flexibility index (Phi) is 4.53. The summed E-state index contributed by atoms with van der Waals surface area (Å²) in [6.45, 7) is 0.404. The SMILES string of the molecule is CNc1ccc(Cl)c(C(=O)N(C)Cc2ccccn2)n1. The first-order chi connectivity index (χ1) is 9.61. The number of nitrogens with one attached hydrogen (secondary N) is 1. The van der Waals surface area contributed by atoms with E-state index < -0.39 is 0 Å². The van der Waals surface area contributed by atoms with Crippen LogP contribution in [-0.4, -0.2) is 34.9 Å². The maximum Gasteiger partial charge on any atom is 0.274 e. The second-order valence-electron chi connectivity index (χ2n) is 4.26. The number of rotatable bonds is 4. The predicted octanol–water partition coefficient (Wildman–Crippen LogP) is 2.44. The van der Waals surface area contributed by atoms with Crippen LogP contribution in [0, 0.1) is 0 Å². The third-order valence-corrected chi connectivity index (χ3v) is 3.08. The van der Waals surface area contributed by atoms with Gasteiger partial charge in [0, 0.05) is 20.3 Å². The Hall–Kier alpha value is -2.14. The molecule has 0 aliphatic heterocycles. The zero-order valence-electron chi connectivity index (χ0n) is 11.3. The Bertz CT molecular complexity index is 603. The average molecular weight is 291 g/mol. The summed E-state index contributed by atoms with van der Waals surface area (Å²) in [6.07, 6.45) is 1.69. The van der Waals surface area contributed by atoms with Crippen LogP contribution in [0.4, 0.5) is 5.82 Å². The summed E-state index contributed by atoms with van der Waals surface area (Å²) in [4.78, 5) is 22.3. The molecule has 1 amide bonds. The van der Waals surface area contributed by atoms with Crippen LogP contribution in [0.5, 0.6) is 0 Å². The largest absolute Gasteiger partial charge is 0.373 e. The van der Waals surface area contributed by atoms with Gasteiger partial charge in [0.2, 0.25) is 0 Å². The van der Waals surface area contributed by atoms with Crippen LogP contribution in [-0.2, 0) is 6.54 Å². The van der Waals surface area contributed by atoms with Gasteiger partial charge in [0.1, 0.15) is 11.5 Å². The first-order valence-electron chi connectivity index (χ1n) is 6.11. The molecule has 0 bridgehead atoms. The van der Waals surface area contributed by atoms with Crippen LogP contribution < -0.4 is 5.32 Å². The van der Waals surface area contributed by atoms with Crippen LogP contribution in [0.15, 0.2) is 36.5 Å². The summed E-state index contributed by atoms with van der Waals surface area (Å²) < 4.78 is 0. The van der Waals surface area contributed by atoms with Crippen LogP contribution in [0.25, 0.3) is 0 Å². The second kappa shape index (κ2) is 6.34. The lowest BCUT2D eigenvalue weighted by atomic mass is 10.3. The molecule has 0 saturated carbocycles. The highest BCUT2D eigenvalue weighted by Gasteiger charge is 2.18. The lowest BCUT2D eigenvalue weighted by Gasteiger charge is -2.17. The third-order valence-electron chi connectivity index (χ3n) is 2.78. The molecule has 0 unspecified atom stereocenters. The average Bonchev–Trinajstić information content (AvgIpc) is 2.48. The minimum atomic E-state index is -0.238. The van der Waals surface area contributed by atoms with Crippen molar-refractivity contribution in [2.75, 3.05) is 19.4 Å². The van der Waals surface area contributed by atoms with Crippen LogP contribution in [0.3, 0.4) is 0 Å². The summed E-state index contributed by atoms with van der Waals surface area (Å²) >= 11 is 6.04. The van der Waals surface area contributed by atoms with E-state index in [-0.39, 0.29) is 11.6 Å². The summed E-state index contributed by atoms with van der Waals surface area (Å²) in [7, 11) is 3.43. The number of carbonyl (C=O) groups is 1. The van der Waals surface area contributed by atoms with E-state index in [2.05, 4.69) is 15.3 Å². The number of nitrogens with zero attached hydrogens (tertiary/aromatic N) is 3. The second-order valence-corrected chi connectivity index (χ2v) is 4.67. The Morgan fingerprint density at radius 1 is 1.35 bits per heavy atom. The van der Waals surface area contributed by atoms with Crippen molar-refractivity contribution in [2.45, 2.75) is 6.54 Å². The Balaban J connectivity index is 2.18. The van der Waals surface area contributed by atoms with Crippen molar-refractivity contribution >= 4 is 23.3 Å². The molecule has 0 atom stereocenters. The predicted molar refractivity (Wildman–Crippen MR) is 78.8 cm³/mol. The molecule has 5 nitrogen and oxygen atoms in total. The molecular formula is C14H15ClN4O. The Morgan fingerprint density at radius 2 is 2.15 bits per heavy atom. The number of anilines is 1. The van der Waals surface area contributed by atoms with Gasteiger partial charge in [-0.1, -0.05) is 17.7 Å². The highest BCUT2D eigenvalue weighted by Crippen LogP contribution is 2.18. The molecule has 0 radical (unpaired) electrons. The molecule has 0 aliphatic carbocycles. The molecule has 2 rings (SSSR count). The van der Waals surface area contributed by atoms with Crippen molar-refractivity contribution in [1.82, 2.24) is 14.9 Å². The Morgan fingerprint density at radius 3 is 2.80 bits per heavy atom. The van der Waals surface area contributed by atoms with E-state index in [0.29, 0.717) is 17.4 Å². The highest BCUT2D eigenvalue weighted by atomic mass is 35.5. The van der Waals surface area contributed by atoms with E-state index in [1.165, 1.54) is 4.90 Å². The quantitative estimate of drug-likeness (QED) is 0.940. The van der Waals surface area contributed by atoms with Gasteiger partial charge in [-0.3, -0.25) is 9.78 Å². The third kappa shape index (κ3) is 3.24. The van der Waals surface area contributed by atoms with Crippen molar-refractivity contribution in [2.24, 2.45) is 0 Å². The summed E-state index contributed by atoms with van der Waals surface area (Å²) in [6, 6.07) is 8.95. The Labute approximate surface area is 122 Å². The molecule has 0 aromatic carbocycles. The van der Waals surface area contributed by atoms with Crippen molar-refractivity contribution in [3.8, 4) is 0 Å². The lowest BCUT2D eigenvalue weighted by molar-refractivity contribution is 0.0778. The van der Waals surface area contributed by atoms with Gasteiger partial charge < -0.3 is 10.2 Å². The first kappa shape index (κ1) is 14.3. The van der Waals surface area contributed by atoms with E-state index in [9.17, 15) is 4.79 Å². The molecule has 1 N–H and O–H groups in total. The first-order valence-corrected chi connectivity index (χ1v) is 6.49. The van der Waals surface area contributed by atoms with Gasteiger partial charge in [-0.15, -0.1) is 0 Å². The van der Waals surface area contributed by atoms with Gasteiger partial charge in [0.25, 0.3) is 5.91 Å². The molecule has 0 saturated heterocycles. The van der Waals surface area contributed by atoms with Crippen molar-refractivity contribution in [1.29, 1.82) is 0 Å². The van der Waals surface area contributed by atoms with E-state index in [1.54, 1.807) is 32.4 Å². The van der Waals surface area contributed by atoms with Crippen molar-refractivity contribution < 1.29 is 4.79 Å². The van der Waals surface area contributed by atoms with Gasteiger partial charge in [-0.25, -0.2) is 4.98 Å². The van der Waals surface area contributed by atoms with E-state index >= 15 is 0 Å². The number of pyridine rings is 2. The fraction of sp³-hybridized carbons (Fsp3) is 0.214. The minimum Gasteiger partial charge on any atom is -0.373 e. The molecule has 0 aliphatic rings. The van der Waals surface area contributed by atoms with E-state index in [4.69, 9.17) is 11.6 Å². The molecule has 20 heavy (non-hydrogen) atoms. The van der Waals surface area contributed by atoms with Crippen LogP contribution in [0.1, 0.15) is 16.2 Å². The smallest absolute Gasteiger partial charge is 0.274 e. The van der Waals surface area contributed by atoms with Gasteiger partial charge in [-0.2, -0.15) is 0 Å². The summed E-state index contributed by atoms with van der Waals surface area (Å²) in [5.74, 6) is 0.363. The van der Waals surface area contributed by atoms with E-state index in [0.717, 1.165) is 5.69 Å². The number of hydrogen-bond acceptors (Lipinski definition) is 4. The normalized spacial score (nSPS) is 10.2. The van der Waals surface area contributed by atoms with Crippen LogP contribution in [0.2, 0.25) is 5.02 Å². The number of amides is 1. The minimum absolute atomic E-state index is 0.233. The zero-order valence-corrected chi connectivity index (χ0v) is 12.1. The molecular weight excluding hydrogens is 276 g/mol. The van der Waals surface area contributed by atoms with E-state index in [1.807, 2.05) is 18.2 Å². The molecule has 0 spiro atoms. The fourth-order valence-electron chi connectivity index (χ4n) is 1.72. The maximum absolute atomic E-state index is 12.4. The van der Waals surface area contributed by atoms with Gasteiger partial charge in [-0.05, 0) is 24.3 Å². The standard InChI is InChI=1S/C14H15ClN4O/c1-16-12-7-6-11(15)13(18-12)14(20)19(2)9-10-5-3-4-8-17-10/h3-8H,9H2,1-2H3,(H,16,18). The van der Waals surface area contributed by atoms with Crippen molar-refractivity contribution in [3.05, 3.63) is 52.9 Å². The van der Waals surface area contributed by atoms with Crippen LogP contribution >= 0.6 is 11.6 Å². The molecule has 6 heteroatoms. The number of hydrogen-bond donors (Lipinski definition) is 1. The molecule has 0 fully saturated rings. The number of carbonyl (C=O) groups excluding carboxylic acids is 1. The summed E-state index contributed by atoms with van der Waals surface area (Å²) in [5.41, 5.74) is 1.04. The fourth-order valence-corrected chi connectivity index (χ4v) is 1.90. The van der Waals surface area contributed by atoms with Gasteiger partial charge in [0.05, 0.1) is 17.3 Å².